The van der Waals surface area contributed by atoms with Crippen molar-refractivity contribution in [2.24, 2.45) is 0 Å². The van der Waals surface area contributed by atoms with Gasteiger partial charge in [0.1, 0.15) is 10.8 Å². The van der Waals surface area contributed by atoms with E-state index in [0.29, 0.717) is 0 Å². The van der Waals surface area contributed by atoms with Crippen LogP contribution >= 0.6 is 11.3 Å². The molecule has 0 aliphatic heterocycles. The second-order valence-electron chi connectivity index (χ2n) is 4.37. The van der Waals surface area contributed by atoms with Gasteiger partial charge in [0.2, 0.25) is 0 Å². The van der Waals surface area contributed by atoms with Crippen LogP contribution in [0.15, 0.2) is 36.4 Å². The molecule has 3 aromatic rings. The normalized spacial score (nSPS) is 10.8. The lowest BCUT2D eigenvalue weighted by Gasteiger charge is -2.04. The van der Waals surface area contributed by atoms with Gasteiger partial charge in [-0.3, -0.25) is 0 Å². The summed E-state index contributed by atoms with van der Waals surface area (Å²) in [5.41, 5.74) is 9.92. The Labute approximate surface area is 115 Å². The van der Waals surface area contributed by atoms with E-state index in [2.05, 4.69) is 11.1 Å². The number of thiazole rings is 1. The van der Waals surface area contributed by atoms with Gasteiger partial charge in [-0.25, -0.2) is 4.98 Å². The number of rotatable bonds is 2. The molecule has 0 unspecified atom stereocenters. The Morgan fingerprint density at radius 2 is 2.05 bits per heavy atom. The SMILES string of the molecule is COc1ccc2nc(-c3cccc(N)c3C)sc2c1. The maximum Gasteiger partial charge on any atom is 0.124 e. The maximum atomic E-state index is 5.95. The molecule has 1 aromatic heterocycles. The molecule has 3 nitrogen and oxygen atoms in total. The molecule has 0 atom stereocenters. The summed E-state index contributed by atoms with van der Waals surface area (Å²) < 4.78 is 6.36. The lowest BCUT2D eigenvalue weighted by atomic mass is 10.1. The van der Waals surface area contributed by atoms with Crippen molar-refractivity contribution in [2.45, 2.75) is 6.92 Å². The quantitative estimate of drug-likeness (QED) is 0.719. The van der Waals surface area contributed by atoms with Gasteiger partial charge < -0.3 is 10.5 Å². The third-order valence-electron chi connectivity index (χ3n) is 3.20. The number of hydrogen-bond donors (Lipinski definition) is 1. The van der Waals surface area contributed by atoms with Crippen molar-refractivity contribution in [2.75, 3.05) is 12.8 Å². The van der Waals surface area contributed by atoms with E-state index < -0.39 is 0 Å². The number of nitrogen functional groups attached to an aromatic ring is 1. The van der Waals surface area contributed by atoms with Gasteiger partial charge in [0.15, 0.2) is 0 Å². The standard InChI is InChI=1S/C15H14N2OS/c1-9-11(4-3-5-12(9)16)15-17-13-7-6-10(18-2)8-14(13)19-15/h3-8H,16H2,1-2H3. The fourth-order valence-electron chi connectivity index (χ4n) is 2.03. The average molecular weight is 270 g/mol. The Kier molecular flexibility index (Phi) is 2.87. The van der Waals surface area contributed by atoms with E-state index in [1.807, 2.05) is 37.3 Å². The lowest BCUT2D eigenvalue weighted by molar-refractivity contribution is 0.415. The van der Waals surface area contributed by atoms with Crippen LogP contribution in [0.5, 0.6) is 5.75 Å². The van der Waals surface area contributed by atoms with Crippen molar-refractivity contribution in [3.8, 4) is 16.3 Å². The van der Waals surface area contributed by atoms with E-state index in [0.717, 1.165) is 37.8 Å². The first kappa shape index (κ1) is 12.0. The van der Waals surface area contributed by atoms with E-state index in [1.165, 1.54) is 0 Å². The molecule has 0 radical (unpaired) electrons. The molecule has 96 valence electrons. The Bertz CT molecular complexity index is 749. The summed E-state index contributed by atoms with van der Waals surface area (Å²) in [6.07, 6.45) is 0. The highest BCUT2D eigenvalue weighted by Crippen LogP contribution is 2.34. The van der Waals surface area contributed by atoms with Gasteiger partial charge in [0.05, 0.1) is 17.3 Å². The molecule has 2 aromatic carbocycles. The third-order valence-corrected chi connectivity index (χ3v) is 4.25. The summed E-state index contributed by atoms with van der Waals surface area (Å²) in [6, 6.07) is 11.9. The van der Waals surface area contributed by atoms with Crippen LogP contribution in [0.3, 0.4) is 0 Å². The number of methoxy groups -OCH3 is 1. The molecular formula is C15H14N2OS. The number of benzene rings is 2. The first-order chi connectivity index (χ1) is 9.19. The van der Waals surface area contributed by atoms with Gasteiger partial charge in [-0.2, -0.15) is 0 Å². The molecule has 1 heterocycles. The molecule has 19 heavy (non-hydrogen) atoms. The number of nitrogens with zero attached hydrogens (tertiary/aromatic N) is 1. The minimum Gasteiger partial charge on any atom is -0.497 e. The van der Waals surface area contributed by atoms with Crippen LogP contribution in [0, 0.1) is 6.92 Å². The molecule has 0 spiro atoms. The van der Waals surface area contributed by atoms with Gasteiger partial charge in [-0.15, -0.1) is 11.3 Å². The predicted octanol–water partition coefficient (Wildman–Crippen LogP) is 3.86. The minimum atomic E-state index is 0.800. The van der Waals surface area contributed by atoms with Crippen molar-refractivity contribution >= 4 is 27.2 Å². The Balaban J connectivity index is 2.18. The predicted molar refractivity (Wildman–Crippen MR) is 80.8 cm³/mol. The second-order valence-corrected chi connectivity index (χ2v) is 5.40. The van der Waals surface area contributed by atoms with Gasteiger partial charge >= 0.3 is 0 Å². The number of nitrogens with two attached hydrogens (primary N) is 1. The maximum absolute atomic E-state index is 5.95. The molecule has 0 aliphatic rings. The van der Waals surface area contributed by atoms with Gasteiger partial charge in [-0.05, 0) is 36.8 Å². The molecule has 4 heteroatoms. The molecule has 0 amide bonds. The topological polar surface area (TPSA) is 48.1 Å². The molecule has 3 rings (SSSR count). The van der Waals surface area contributed by atoms with Crippen molar-refractivity contribution in [1.29, 1.82) is 0 Å². The Hall–Kier alpha value is -2.07. The fraction of sp³-hybridized carbons (Fsp3) is 0.133. The Morgan fingerprint density at radius 3 is 2.84 bits per heavy atom. The lowest BCUT2D eigenvalue weighted by Crippen LogP contribution is -1.91. The zero-order valence-corrected chi connectivity index (χ0v) is 11.6. The summed E-state index contributed by atoms with van der Waals surface area (Å²) in [5, 5.41) is 0.994. The van der Waals surface area contributed by atoms with Crippen LogP contribution in [0.1, 0.15) is 5.56 Å². The first-order valence-corrected chi connectivity index (χ1v) is 6.81. The highest BCUT2D eigenvalue weighted by Gasteiger charge is 2.10. The van der Waals surface area contributed by atoms with Crippen molar-refractivity contribution in [1.82, 2.24) is 4.98 Å². The summed E-state index contributed by atoms with van der Waals surface area (Å²) in [6.45, 7) is 2.03. The Morgan fingerprint density at radius 1 is 1.21 bits per heavy atom. The second kappa shape index (κ2) is 4.55. The highest BCUT2D eigenvalue weighted by molar-refractivity contribution is 7.21. The first-order valence-electron chi connectivity index (χ1n) is 5.99. The number of fused-ring (bicyclic) bond motifs is 1. The number of aromatic nitrogens is 1. The third kappa shape index (κ3) is 2.04. The molecule has 0 fully saturated rings. The van der Waals surface area contributed by atoms with E-state index in [-0.39, 0.29) is 0 Å². The van der Waals surface area contributed by atoms with Crippen molar-refractivity contribution in [3.05, 3.63) is 42.0 Å². The number of ether oxygens (including phenoxy) is 1. The van der Waals surface area contributed by atoms with E-state index in [1.54, 1.807) is 18.4 Å². The van der Waals surface area contributed by atoms with Crippen molar-refractivity contribution < 1.29 is 4.74 Å². The summed E-state index contributed by atoms with van der Waals surface area (Å²) in [7, 11) is 1.67. The highest BCUT2D eigenvalue weighted by atomic mass is 32.1. The molecule has 0 bridgehead atoms. The zero-order valence-electron chi connectivity index (χ0n) is 10.8. The number of hydrogen-bond acceptors (Lipinski definition) is 4. The summed E-state index contributed by atoms with van der Waals surface area (Å²) in [5.74, 6) is 0.854. The van der Waals surface area contributed by atoms with Crippen molar-refractivity contribution in [3.63, 3.8) is 0 Å². The average Bonchev–Trinajstić information content (AvgIpc) is 2.84. The zero-order chi connectivity index (χ0) is 13.4. The van der Waals surface area contributed by atoms with E-state index in [9.17, 15) is 0 Å². The summed E-state index contributed by atoms with van der Waals surface area (Å²) in [4.78, 5) is 4.67. The minimum absolute atomic E-state index is 0.800. The molecular weight excluding hydrogens is 256 g/mol. The van der Waals surface area contributed by atoms with Crippen LogP contribution < -0.4 is 10.5 Å². The summed E-state index contributed by atoms with van der Waals surface area (Å²) >= 11 is 1.66. The van der Waals surface area contributed by atoms with Gasteiger partial charge in [0.25, 0.3) is 0 Å². The van der Waals surface area contributed by atoms with Gasteiger partial charge in [0, 0.05) is 11.3 Å². The fourth-order valence-corrected chi connectivity index (χ4v) is 3.11. The molecule has 0 aliphatic carbocycles. The van der Waals surface area contributed by atoms with Crippen LogP contribution in [-0.4, -0.2) is 12.1 Å². The van der Waals surface area contributed by atoms with Gasteiger partial charge in [-0.1, -0.05) is 12.1 Å². The number of anilines is 1. The van der Waals surface area contributed by atoms with Crippen LogP contribution in [0.2, 0.25) is 0 Å². The van der Waals surface area contributed by atoms with E-state index >= 15 is 0 Å². The largest absolute Gasteiger partial charge is 0.497 e. The molecule has 2 N–H and O–H groups in total. The monoisotopic (exact) mass is 270 g/mol. The van der Waals surface area contributed by atoms with Crippen LogP contribution in [0.25, 0.3) is 20.8 Å². The smallest absolute Gasteiger partial charge is 0.124 e. The molecule has 0 saturated heterocycles. The van der Waals surface area contributed by atoms with Crippen LogP contribution in [0.4, 0.5) is 5.69 Å². The molecule has 0 saturated carbocycles. The van der Waals surface area contributed by atoms with E-state index in [4.69, 9.17) is 10.5 Å². The van der Waals surface area contributed by atoms with Crippen LogP contribution in [-0.2, 0) is 0 Å².